The van der Waals surface area contributed by atoms with Gasteiger partial charge in [-0.3, -0.25) is 5.32 Å². The number of aromatic nitrogens is 1. The molecule has 0 bridgehead atoms. The lowest BCUT2D eigenvalue weighted by atomic mass is 9.74. The highest BCUT2D eigenvalue weighted by Crippen LogP contribution is 2.56. The molecule has 1 fully saturated rings. The van der Waals surface area contributed by atoms with Crippen molar-refractivity contribution >= 4 is 71.4 Å². The van der Waals surface area contributed by atoms with Gasteiger partial charge in [0.25, 0.3) is 0 Å². The molecule has 0 saturated carbocycles. The molecule has 0 radical (unpaired) electrons. The molecule has 1 saturated heterocycles. The number of urea groups is 1. The van der Waals surface area contributed by atoms with Gasteiger partial charge >= 0.3 is 6.03 Å². The number of thiazole rings is 1. The molecule has 0 unspecified atom stereocenters. The zero-order valence-electron chi connectivity index (χ0n) is 28.0. The minimum atomic E-state index is -3.86. The number of aromatic hydroxyl groups is 1. The van der Waals surface area contributed by atoms with Crippen LogP contribution in [-0.2, 0) is 15.4 Å². The van der Waals surface area contributed by atoms with Gasteiger partial charge in [-0.1, -0.05) is 69.7 Å². The zero-order valence-corrected chi connectivity index (χ0v) is 30.4. The molecule has 3 aromatic carbocycles. The van der Waals surface area contributed by atoms with Crippen LogP contribution in [0.2, 0.25) is 5.02 Å². The van der Waals surface area contributed by atoms with E-state index in [9.17, 15) is 18.3 Å². The first kappa shape index (κ1) is 34.4. The molecular formula is C35H43ClN6O4S2. The van der Waals surface area contributed by atoms with Gasteiger partial charge in [0.15, 0.2) is 5.13 Å². The predicted molar refractivity (Wildman–Crippen MR) is 196 cm³/mol. The first-order valence-electron chi connectivity index (χ1n) is 16.3. The van der Waals surface area contributed by atoms with E-state index in [4.69, 9.17) is 11.6 Å². The number of nitrogens with one attached hydrogen (secondary N) is 2. The minimum absolute atomic E-state index is 0.00452. The number of hydrogen-bond acceptors (Lipinski definition) is 8. The fourth-order valence-corrected chi connectivity index (χ4v) is 10.1. The highest BCUT2D eigenvalue weighted by molar-refractivity contribution is 7.89. The Hall–Kier alpha value is -3.42. The molecule has 256 valence electrons. The number of amides is 2. The molecule has 10 nitrogen and oxygen atoms in total. The topological polar surface area (TPSA) is 118 Å². The van der Waals surface area contributed by atoms with E-state index in [2.05, 4.69) is 41.3 Å². The second-order valence-electron chi connectivity index (χ2n) is 13.8. The number of phenols is 1. The molecular weight excluding hydrogens is 668 g/mol. The van der Waals surface area contributed by atoms with Gasteiger partial charge < -0.3 is 20.2 Å². The summed E-state index contributed by atoms with van der Waals surface area (Å²) in [6.45, 7) is 14.0. The van der Waals surface area contributed by atoms with Crippen molar-refractivity contribution in [2.75, 3.05) is 54.8 Å². The average molecular weight is 711 g/mol. The second-order valence-corrected chi connectivity index (χ2v) is 17.2. The normalized spacial score (nSPS) is 16.5. The smallest absolute Gasteiger partial charge is 0.325 e. The van der Waals surface area contributed by atoms with E-state index in [-0.39, 0.29) is 16.1 Å². The third-order valence-corrected chi connectivity index (χ3v) is 12.5. The van der Waals surface area contributed by atoms with E-state index < -0.39 is 21.5 Å². The molecule has 48 heavy (non-hydrogen) atoms. The van der Waals surface area contributed by atoms with Crippen molar-refractivity contribution in [1.29, 1.82) is 0 Å². The Kier molecular flexibility index (Phi) is 9.42. The van der Waals surface area contributed by atoms with Crippen molar-refractivity contribution in [1.82, 2.24) is 14.2 Å². The Bertz CT molecular complexity index is 1950. The van der Waals surface area contributed by atoms with Crippen molar-refractivity contribution in [2.45, 2.75) is 57.8 Å². The summed E-state index contributed by atoms with van der Waals surface area (Å²) in [5.74, 6) is 0.00452. The lowest BCUT2D eigenvalue weighted by molar-refractivity contribution is 0.124. The molecule has 2 aliphatic rings. The molecule has 3 heterocycles. The van der Waals surface area contributed by atoms with Crippen LogP contribution in [0.25, 0.3) is 10.2 Å². The number of nitrogens with zero attached hydrogens (tertiary/aromatic N) is 4. The van der Waals surface area contributed by atoms with E-state index in [1.165, 1.54) is 21.7 Å². The number of carbonyl (C=O) groups excluding carboxylic acids is 1. The maximum absolute atomic E-state index is 14.2. The van der Waals surface area contributed by atoms with Gasteiger partial charge in [-0.15, -0.1) is 0 Å². The number of benzene rings is 3. The Morgan fingerprint density at radius 1 is 1.06 bits per heavy atom. The summed E-state index contributed by atoms with van der Waals surface area (Å²) in [5, 5.41) is 18.3. The predicted octanol–water partition coefficient (Wildman–Crippen LogP) is 7.86. The molecule has 2 aliphatic heterocycles. The maximum atomic E-state index is 14.2. The van der Waals surface area contributed by atoms with Crippen LogP contribution in [0.5, 0.6) is 5.75 Å². The van der Waals surface area contributed by atoms with E-state index in [0.717, 1.165) is 42.7 Å². The van der Waals surface area contributed by atoms with Crippen LogP contribution >= 0.6 is 22.9 Å². The van der Waals surface area contributed by atoms with Crippen molar-refractivity contribution in [3.05, 3.63) is 65.2 Å². The van der Waals surface area contributed by atoms with Gasteiger partial charge in [0.2, 0.25) is 10.0 Å². The Labute approximate surface area is 291 Å². The Morgan fingerprint density at radius 2 is 1.77 bits per heavy atom. The molecule has 13 heteroatoms. The van der Waals surface area contributed by atoms with Crippen LogP contribution in [0.1, 0.15) is 53.0 Å². The minimum Gasteiger partial charge on any atom is -0.506 e. The summed E-state index contributed by atoms with van der Waals surface area (Å²) in [7, 11) is -3.86. The highest BCUT2D eigenvalue weighted by atomic mass is 35.5. The fourth-order valence-electron chi connectivity index (χ4n) is 7.17. The van der Waals surface area contributed by atoms with Crippen LogP contribution in [0.4, 0.5) is 27.0 Å². The zero-order chi connectivity index (χ0) is 34.4. The number of halogens is 1. The highest BCUT2D eigenvalue weighted by Gasteiger charge is 2.50. The number of sulfonamides is 1. The first-order chi connectivity index (χ1) is 22.7. The number of phenolic OH excluding ortho intramolecular Hbond substituents is 1. The van der Waals surface area contributed by atoms with Crippen molar-refractivity contribution < 1.29 is 18.3 Å². The lowest BCUT2D eigenvalue weighted by Crippen LogP contribution is -2.47. The summed E-state index contributed by atoms with van der Waals surface area (Å²) >= 11 is 7.46. The average Bonchev–Trinajstić information content (AvgIpc) is 3.57. The third kappa shape index (κ3) is 6.60. The summed E-state index contributed by atoms with van der Waals surface area (Å²) < 4.78 is 30.7. The molecule has 3 N–H and O–H groups in total. The van der Waals surface area contributed by atoms with Gasteiger partial charge in [0.05, 0.1) is 32.2 Å². The largest absolute Gasteiger partial charge is 0.506 e. The van der Waals surface area contributed by atoms with Crippen LogP contribution in [0.15, 0.2) is 59.5 Å². The van der Waals surface area contributed by atoms with E-state index in [1.54, 1.807) is 18.2 Å². The second kappa shape index (κ2) is 13.1. The third-order valence-electron chi connectivity index (χ3n) is 9.23. The number of piperidine rings is 1. The Morgan fingerprint density at radius 3 is 2.46 bits per heavy atom. The van der Waals surface area contributed by atoms with E-state index >= 15 is 0 Å². The quantitative estimate of drug-likeness (QED) is 0.170. The van der Waals surface area contributed by atoms with Crippen LogP contribution in [0.3, 0.4) is 0 Å². The van der Waals surface area contributed by atoms with E-state index in [1.807, 2.05) is 49.1 Å². The van der Waals surface area contributed by atoms with Crippen LogP contribution < -0.4 is 15.5 Å². The number of likely N-dealkylation sites (tertiary alicyclic amines) is 1. The number of hydrogen-bond donors (Lipinski definition) is 3. The number of rotatable bonds is 8. The molecule has 0 atom stereocenters. The molecule has 2 amide bonds. The van der Waals surface area contributed by atoms with Gasteiger partial charge in [-0.2, -0.15) is 4.31 Å². The van der Waals surface area contributed by atoms with Gasteiger partial charge in [-0.25, -0.2) is 18.2 Å². The summed E-state index contributed by atoms with van der Waals surface area (Å²) in [6, 6.07) is 15.3. The monoisotopic (exact) mass is 710 g/mol. The molecule has 0 aliphatic carbocycles. The summed E-state index contributed by atoms with van der Waals surface area (Å²) in [4.78, 5) is 22.5. The number of anilines is 4. The summed E-state index contributed by atoms with van der Waals surface area (Å²) in [5.41, 5.74) is 2.65. The summed E-state index contributed by atoms with van der Waals surface area (Å²) in [6.07, 6.45) is 1.46. The molecule has 4 aromatic rings. The SMILES string of the molecule is CCN(CC)S(=O)(=O)c1ccc(O)c2c1C1(CCN(CC(C)(C)C)CC1)CN2c1ccccc1NC(=O)Nc1nc2ccc(Cl)cc2s1. The number of fused-ring (bicyclic) bond motifs is 3. The van der Waals surface area contributed by atoms with Crippen LogP contribution in [0, 0.1) is 5.41 Å². The molecule has 6 rings (SSSR count). The Balaban J connectivity index is 1.39. The van der Waals surface area contributed by atoms with Crippen molar-refractivity contribution in [3.8, 4) is 5.75 Å². The lowest BCUT2D eigenvalue weighted by Gasteiger charge is -2.42. The van der Waals surface area contributed by atoms with Gasteiger partial charge in [0, 0.05) is 42.2 Å². The maximum Gasteiger partial charge on any atom is 0.325 e. The molecule has 1 spiro atoms. The van der Waals surface area contributed by atoms with Gasteiger partial charge in [-0.05, 0) is 73.8 Å². The van der Waals surface area contributed by atoms with Crippen LogP contribution in [-0.4, -0.2) is 73.0 Å². The van der Waals surface area contributed by atoms with Gasteiger partial charge in [0.1, 0.15) is 5.75 Å². The standard InChI is InChI=1S/C35H43ClN6O4S2/c1-6-41(7-2)48(45,46)29-15-14-27(43)31-30(29)35(16-18-40(19-17-35)21-34(3,4)5)22-42(31)26-11-9-8-10-24(26)37-32(44)39-33-38-25-13-12-23(36)20-28(25)47-33/h8-15,20,43H,6-7,16-19,21-22H2,1-5H3,(H2,37,38,39,44). The number of carbonyl (C=O) groups is 1. The fraction of sp³-hybridized carbons (Fsp3) is 0.429. The van der Waals surface area contributed by atoms with Crippen molar-refractivity contribution in [2.24, 2.45) is 5.41 Å². The number of para-hydroxylation sites is 2. The van der Waals surface area contributed by atoms with Crippen molar-refractivity contribution in [3.63, 3.8) is 0 Å². The van der Waals surface area contributed by atoms with E-state index in [0.29, 0.717) is 52.4 Å². The molecule has 1 aromatic heterocycles. The first-order valence-corrected chi connectivity index (χ1v) is 19.0.